The van der Waals surface area contributed by atoms with E-state index in [1.807, 2.05) is 0 Å². The molecule has 0 amide bonds. The summed E-state index contributed by atoms with van der Waals surface area (Å²) < 4.78 is 18.4. The Balaban J connectivity index is 2.56. The van der Waals surface area contributed by atoms with Crippen molar-refractivity contribution >= 4 is 5.97 Å². The number of carbonyl (C=O) groups is 1. The number of methoxy groups -OCH3 is 1. The molecular weight excluding hydrogens is 251 g/mol. The Bertz CT molecular complexity index is 644. The van der Waals surface area contributed by atoms with E-state index in [1.54, 1.807) is 6.92 Å². The second-order valence-corrected chi connectivity index (χ2v) is 3.91. The number of benzene rings is 1. The Morgan fingerprint density at radius 3 is 2.63 bits per heavy atom. The summed E-state index contributed by atoms with van der Waals surface area (Å²) in [5.41, 5.74) is 1.11. The van der Waals surface area contributed by atoms with Crippen molar-refractivity contribution in [1.29, 1.82) is 0 Å². The third-order valence-corrected chi connectivity index (χ3v) is 2.62. The summed E-state index contributed by atoms with van der Waals surface area (Å²) >= 11 is 0. The van der Waals surface area contributed by atoms with Gasteiger partial charge in [-0.1, -0.05) is 0 Å². The van der Waals surface area contributed by atoms with Gasteiger partial charge in [-0.05, 0) is 36.8 Å². The number of hydrogen-bond donors (Lipinski definition) is 1. The van der Waals surface area contributed by atoms with Crippen LogP contribution < -0.4 is 4.74 Å². The van der Waals surface area contributed by atoms with Gasteiger partial charge < -0.3 is 9.84 Å². The molecule has 1 N–H and O–H groups in total. The summed E-state index contributed by atoms with van der Waals surface area (Å²) in [5.74, 6) is -1.14. The average molecular weight is 262 g/mol. The molecule has 5 nitrogen and oxygen atoms in total. The van der Waals surface area contributed by atoms with Crippen LogP contribution >= 0.6 is 0 Å². The van der Waals surface area contributed by atoms with Crippen molar-refractivity contribution in [3.63, 3.8) is 0 Å². The maximum absolute atomic E-state index is 13.3. The van der Waals surface area contributed by atoms with E-state index >= 15 is 0 Å². The van der Waals surface area contributed by atoms with E-state index in [2.05, 4.69) is 10.2 Å². The zero-order valence-corrected chi connectivity index (χ0v) is 10.3. The molecule has 0 unspecified atom stereocenters. The second kappa shape index (κ2) is 5.01. The van der Waals surface area contributed by atoms with Crippen molar-refractivity contribution in [3.05, 3.63) is 41.3 Å². The van der Waals surface area contributed by atoms with Gasteiger partial charge in [0.1, 0.15) is 11.6 Å². The molecule has 0 bridgehead atoms. The zero-order valence-electron chi connectivity index (χ0n) is 10.3. The largest absolute Gasteiger partial charge is 0.496 e. The van der Waals surface area contributed by atoms with Crippen molar-refractivity contribution in [2.24, 2.45) is 0 Å². The van der Waals surface area contributed by atoms with Crippen LogP contribution in [0.15, 0.2) is 24.3 Å². The van der Waals surface area contributed by atoms with E-state index in [-0.39, 0.29) is 5.69 Å². The van der Waals surface area contributed by atoms with Crippen LogP contribution in [0.3, 0.4) is 0 Å². The van der Waals surface area contributed by atoms with Gasteiger partial charge in [0.05, 0.1) is 12.8 Å². The summed E-state index contributed by atoms with van der Waals surface area (Å²) in [7, 11) is 1.46. The molecule has 1 aromatic heterocycles. The molecule has 1 aromatic carbocycles. The Morgan fingerprint density at radius 1 is 1.32 bits per heavy atom. The van der Waals surface area contributed by atoms with Crippen LogP contribution in [0.1, 0.15) is 16.1 Å². The van der Waals surface area contributed by atoms with Crippen LogP contribution in [0.5, 0.6) is 5.75 Å². The molecule has 0 spiro atoms. The summed E-state index contributed by atoms with van der Waals surface area (Å²) in [4.78, 5) is 10.9. The van der Waals surface area contributed by atoms with Crippen LogP contribution in [-0.2, 0) is 0 Å². The lowest BCUT2D eigenvalue weighted by atomic mass is 10.1. The molecule has 0 saturated carbocycles. The van der Waals surface area contributed by atoms with Gasteiger partial charge in [-0.15, -0.1) is 10.2 Å². The minimum Gasteiger partial charge on any atom is -0.496 e. The Morgan fingerprint density at radius 2 is 2.05 bits per heavy atom. The first-order valence-corrected chi connectivity index (χ1v) is 5.44. The number of aromatic nitrogens is 2. The summed E-state index contributed by atoms with van der Waals surface area (Å²) in [6.45, 7) is 1.60. The highest BCUT2D eigenvalue weighted by Crippen LogP contribution is 2.29. The highest BCUT2D eigenvalue weighted by molar-refractivity contribution is 5.87. The molecule has 6 heteroatoms. The van der Waals surface area contributed by atoms with Crippen molar-refractivity contribution < 1.29 is 19.0 Å². The third kappa shape index (κ3) is 2.52. The number of ether oxygens (including phenoxy) is 1. The lowest BCUT2D eigenvalue weighted by molar-refractivity contribution is 0.0688. The molecule has 0 aliphatic rings. The summed E-state index contributed by atoms with van der Waals surface area (Å²) in [6, 6.07) is 5.55. The quantitative estimate of drug-likeness (QED) is 0.918. The molecule has 0 fully saturated rings. The number of aryl methyl sites for hydroxylation is 1. The normalized spacial score (nSPS) is 10.3. The lowest BCUT2D eigenvalue weighted by Gasteiger charge is -2.08. The number of rotatable bonds is 3. The van der Waals surface area contributed by atoms with Crippen LogP contribution in [-0.4, -0.2) is 28.4 Å². The SMILES string of the molecule is COc1ccc(F)cc1-c1cc(C)c(C(=O)O)nn1. The predicted octanol–water partition coefficient (Wildman–Crippen LogP) is 2.30. The molecule has 98 valence electrons. The first-order valence-electron chi connectivity index (χ1n) is 5.44. The van der Waals surface area contributed by atoms with Gasteiger partial charge in [-0.2, -0.15) is 0 Å². The average Bonchev–Trinajstić information content (AvgIpc) is 2.38. The molecule has 0 saturated heterocycles. The Kier molecular flexibility index (Phi) is 3.41. The number of hydrogen-bond acceptors (Lipinski definition) is 4. The summed E-state index contributed by atoms with van der Waals surface area (Å²) in [6.07, 6.45) is 0. The Labute approximate surface area is 108 Å². The zero-order chi connectivity index (χ0) is 14.0. The smallest absolute Gasteiger partial charge is 0.356 e. The van der Waals surface area contributed by atoms with Crippen molar-refractivity contribution in [2.75, 3.05) is 7.11 Å². The monoisotopic (exact) mass is 262 g/mol. The van der Waals surface area contributed by atoms with E-state index < -0.39 is 11.8 Å². The number of halogens is 1. The van der Waals surface area contributed by atoms with Gasteiger partial charge >= 0.3 is 5.97 Å². The van der Waals surface area contributed by atoms with E-state index in [0.717, 1.165) is 0 Å². The maximum Gasteiger partial charge on any atom is 0.356 e. The van der Waals surface area contributed by atoms with Crippen molar-refractivity contribution in [3.8, 4) is 17.0 Å². The fourth-order valence-electron chi connectivity index (χ4n) is 1.71. The standard InChI is InChI=1S/C13H11FN2O3/c1-7-5-10(15-16-12(7)13(17)18)9-6-8(14)3-4-11(9)19-2/h3-6H,1-2H3,(H,17,18). The number of carboxylic acids is 1. The Hall–Kier alpha value is -2.50. The fourth-order valence-corrected chi connectivity index (χ4v) is 1.71. The lowest BCUT2D eigenvalue weighted by Crippen LogP contribution is -2.06. The molecular formula is C13H11FN2O3. The van der Waals surface area contributed by atoms with Gasteiger partial charge in [-0.3, -0.25) is 0 Å². The predicted molar refractivity (Wildman–Crippen MR) is 65.7 cm³/mol. The van der Waals surface area contributed by atoms with Gasteiger partial charge in [0, 0.05) is 5.56 Å². The first-order chi connectivity index (χ1) is 9.02. The topological polar surface area (TPSA) is 72.3 Å². The van der Waals surface area contributed by atoms with E-state index in [9.17, 15) is 9.18 Å². The molecule has 0 radical (unpaired) electrons. The van der Waals surface area contributed by atoms with Crippen molar-refractivity contribution in [2.45, 2.75) is 6.92 Å². The van der Waals surface area contributed by atoms with Crippen LogP contribution in [0.25, 0.3) is 11.3 Å². The minimum atomic E-state index is -1.15. The van der Waals surface area contributed by atoms with Gasteiger partial charge in [0.25, 0.3) is 0 Å². The highest BCUT2D eigenvalue weighted by Gasteiger charge is 2.14. The maximum atomic E-state index is 13.3. The first kappa shape index (κ1) is 12.9. The van der Waals surface area contributed by atoms with Crippen LogP contribution in [0.2, 0.25) is 0 Å². The van der Waals surface area contributed by atoms with E-state index in [1.165, 1.54) is 31.4 Å². The number of aromatic carboxylic acids is 1. The number of nitrogens with zero attached hydrogens (tertiary/aromatic N) is 2. The van der Waals surface area contributed by atoms with Gasteiger partial charge in [-0.25, -0.2) is 9.18 Å². The third-order valence-electron chi connectivity index (χ3n) is 2.62. The molecule has 1 heterocycles. The molecule has 0 aliphatic carbocycles. The molecule has 0 aliphatic heterocycles. The second-order valence-electron chi connectivity index (χ2n) is 3.91. The minimum absolute atomic E-state index is 0.126. The van der Waals surface area contributed by atoms with E-state index in [0.29, 0.717) is 22.6 Å². The molecule has 0 atom stereocenters. The summed E-state index contributed by atoms with van der Waals surface area (Å²) in [5, 5.41) is 16.3. The fraction of sp³-hybridized carbons (Fsp3) is 0.154. The molecule has 19 heavy (non-hydrogen) atoms. The van der Waals surface area contributed by atoms with Crippen LogP contribution in [0.4, 0.5) is 4.39 Å². The molecule has 2 aromatic rings. The van der Waals surface area contributed by atoms with E-state index in [4.69, 9.17) is 9.84 Å². The van der Waals surface area contributed by atoms with Crippen molar-refractivity contribution in [1.82, 2.24) is 10.2 Å². The van der Waals surface area contributed by atoms with Crippen LogP contribution in [0, 0.1) is 12.7 Å². The van der Waals surface area contributed by atoms with Gasteiger partial charge in [0.15, 0.2) is 5.69 Å². The van der Waals surface area contributed by atoms with Gasteiger partial charge in [0.2, 0.25) is 0 Å². The number of carboxylic acid groups (broad SMARTS) is 1. The molecule has 2 rings (SSSR count). The highest BCUT2D eigenvalue weighted by atomic mass is 19.1.